The van der Waals surface area contributed by atoms with E-state index in [9.17, 15) is 10.1 Å². The molecule has 88 valence electrons. The fourth-order valence-corrected chi connectivity index (χ4v) is 2.54. The predicted octanol–water partition coefficient (Wildman–Crippen LogP) is 3.03. The Labute approximate surface area is 98.5 Å². The summed E-state index contributed by atoms with van der Waals surface area (Å²) in [7, 11) is 1.64. The van der Waals surface area contributed by atoms with Gasteiger partial charge in [0.05, 0.1) is 4.92 Å². The van der Waals surface area contributed by atoms with Gasteiger partial charge < -0.3 is 0 Å². The van der Waals surface area contributed by atoms with Gasteiger partial charge in [0.15, 0.2) is 0 Å². The van der Waals surface area contributed by atoms with E-state index in [2.05, 4.69) is 5.10 Å². The van der Waals surface area contributed by atoms with Crippen LogP contribution >= 0.6 is 11.6 Å². The summed E-state index contributed by atoms with van der Waals surface area (Å²) < 4.78 is 1.39. The standard InChI is InChI=1S/C10H14ClN3O2/c1-13-10(11)9(14(15)16)8(12-13)7-5-3-2-4-6-7/h7H,2-6H2,1H3. The molecule has 6 heteroatoms. The van der Waals surface area contributed by atoms with Crippen LogP contribution in [0.5, 0.6) is 0 Å². The Bertz CT molecular complexity index is 410. The molecule has 0 bridgehead atoms. The maximum absolute atomic E-state index is 11.0. The molecule has 0 spiro atoms. The Kier molecular flexibility index (Phi) is 3.14. The van der Waals surface area contributed by atoms with Gasteiger partial charge in [-0.05, 0) is 12.8 Å². The first-order valence-corrected chi connectivity index (χ1v) is 5.86. The first-order valence-electron chi connectivity index (χ1n) is 5.48. The van der Waals surface area contributed by atoms with Gasteiger partial charge in [0.25, 0.3) is 0 Å². The molecule has 2 rings (SSSR count). The number of aromatic nitrogens is 2. The van der Waals surface area contributed by atoms with Crippen LogP contribution in [0, 0.1) is 10.1 Å². The molecule has 1 aromatic heterocycles. The van der Waals surface area contributed by atoms with Crippen molar-refractivity contribution in [3.05, 3.63) is 21.0 Å². The molecule has 0 unspecified atom stereocenters. The minimum absolute atomic E-state index is 0.00364. The molecule has 1 aliphatic carbocycles. The number of nitrogens with zero attached hydrogens (tertiary/aromatic N) is 3. The zero-order chi connectivity index (χ0) is 11.7. The molecule has 1 aliphatic rings. The second kappa shape index (κ2) is 4.41. The predicted molar refractivity (Wildman–Crippen MR) is 60.7 cm³/mol. The SMILES string of the molecule is Cn1nc(C2CCCCC2)c([N+](=O)[O-])c1Cl. The van der Waals surface area contributed by atoms with Crippen molar-refractivity contribution >= 4 is 17.3 Å². The average Bonchev–Trinajstić information content (AvgIpc) is 2.57. The monoisotopic (exact) mass is 243 g/mol. The van der Waals surface area contributed by atoms with Gasteiger partial charge in [-0.3, -0.25) is 14.8 Å². The minimum Gasteiger partial charge on any atom is -0.258 e. The largest absolute Gasteiger partial charge is 0.329 e. The highest BCUT2D eigenvalue weighted by molar-refractivity contribution is 6.31. The van der Waals surface area contributed by atoms with Crippen LogP contribution in [0.2, 0.25) is 5.15 Å². The van der Waals surface area contributed by atoms with Gasteiger partial charge in [0, 0.05) is 13.0 Å². The first kappa shape index (κ1) is 11.4. The highest BCUT2D eigenvalue weighted by Crippen LogP contribution is 2.39. The molecule has 0 saturated heterocycles. The summed E-state index contributed by atoms with van der Waals surface area (Å²) in [5.74, 6) is 0.202. The van der Waals surface area contributed by atoms with E-state index >= 15 is 0 Å². The van der Waals surface area contributed by atoms with E-state index in [1.165, 1.54) is 11.1 Å². The van der Waals surface area contributed by atoms with Crippen molar-refractivity contribution in [2.24, 2.45) is 7.05 Å². The van der Waals surface area contributed by atoms with E-state index in [1.54, 1.807) is 7.05 Å². The lowest BCUT2D eigenvalue weighted by Gasteiger charge is -2.18. The fraction of sp³-hybridized carbons (Fsp3) is 0.700. The van der Waals surface area contributed by atoms with Crippen molar-refractivity contribution in [2.75, 3.05) is 0 Å². The topological polar surface area (TPSA) is 61.0 Å². The van der Waals surface area contributed by atoms with E-state index in [0.29, 0.717) is 5.69 Å². The highest BCUT2D eigenvalue weighted by Gasteiger charge is 2.31. The Morgan fingerprint density at radius 1 is 1.44 bits per heavy atom. The average molecular weight is 244 g/mol. The fourth-order valence-electron chi connectivity index (χ4n) is 2.33. The van der Waals surface area contributed by atoms with Crippen LogP contribution < -0.4 is 0 Å². The second-order valence-corrected chi connectivity index (χ2v) is 4.60. The Balaban J connectivity index is 2.38. The van der Waals surface area contributed by atoms with Crippen molar-refractivity contribution < 1.29 is 4.92 Å². The smallest absolute Gasteiger partial charge is 0.258 e. The van der Waals surface area contributed by atoms with E-state index in [4.69, 9.17) is 11.6 Å². The first-order chi connectivity index (χ1) is 7.61. The summed E-state index contributed by atoms with van der Waals surface area (Å²) in [6.07, 6.45) is 5.42. The zero-order valence-electron chi connectivity index (χ0n) is 9.15. The van der Waals surface area contributed by atoms with Crippen LogP contribution in [-0.4, -0.2) is 14.7 Å². The van der Waals surface area contributed by atoms with Crippen molar-refractivity contribution in [3.8, 4) is 0 Å². The number of hydrogen-bond acceptors (Lipinski definition) is 3. The third kappa shape index (κ3) is 1.91. The third-order valence-corrected chi connectivity index (χ3v) is 3.58. The minimum atomic E-state index is -0.417. The summed E-state index contributed by atoms with van der Waals surface area (Å²) >= 11 is 5.89. The summed E-state index contributed by atoms with van der Waals surface area (Å²) in [5, 5.41) is 15.3. The number of rotatable bonds is 2. The quantitative estimate of drug-likeness (QED) is 0.593. The second-order valence-electron chi connectivity index (χ2n) is 4.24. The lowest BCUT2D eigenvalue weighted by molar-refractivity contribution is -0.385. The van der Waals surface area contributed by atoms with Crippen LogP contribution in [0.4, 0.5) is 5.69 Å². The molecule has 1 heterocycles. The molecule has 5 nitrogen and oxygen atoms in total. The van der Waals surface area contributed by atoms with Crippen LogP contribution in [0.3, 0.4) is 0 Å². The molecule has 0 amide bonds. The van der Waals surface area contributed by atoms with Gasteiger partial charge in [-0.1, -0.05) is 30.9 Å². The number of aryl methyl sites for hydroxylation is 1. The maximum Gasteiger partial charge on any atom is 0.329 e. The Morgan fingerprint density at radius 3 is 2.62 bits per heavy atom. The van der Waals surface area contributed by atoms with E-state index in [1.807, 2.05) is 0 Å². The number of halogens is 1. The van der Waals surface area contributed by atoms with Crippen LogP contribution in [0.25, 0.3) is 0 Å². The van der Waals surface area contributed by atoms with Gasteiger partial charge >= 0.3 is 5.69 Å². The van der Waals surface area contributed by atoms with Crippen molar-refractivity contribution in [1.82, 2.24) is 9.78 Å². The molecule has 0 N–H and O–H groups in total. The molecular formula is C10H14ClN3O2. The normalized spacial score (nSPS) is 17.6. The van der Waals surface area contributed by atoms with E-state index in [0.717, 1.165) is 25.7 Å². The molecule has 1 fully saturated rings. The molecule has 0 aromatic carbocycles. The van der Waals surface area contributed by atoms with Crippen LogP contribution in [-0.2, 0) is 7.05 Å². The molecule has 1 saturated carbocycles. The molecule has 16 heavy (non-hydrogen) atoms. The lowest BCUT2D eigenvalue weighted by atomic mass is 9.86. The van der Waals surface area contributed by atoms with Crippen LogP contribution in [0.1, 0.15) is 43.7 Å². The Morgan fingerprint density at radius 2 is 2.06 bits per heavy atom. The maximum atomic E-state index is 11.0. The van der Waals surface area contributed by atoms with Crippen LogP contribution in [0.15, 0.2) is 0 Å². The summed E-state index contributed by atoms with van der Waals surface area (Å²) in [6, 6.07) is 0. The molecular weight excluding hydrogens is 230 g/mol. The van der Waals surface area contributed by atoms with Crippen molar-refractivity contribution in [2.45, 2.75) is 38.0 Å². The third-order valence-electron chi connectivity index (χ3n) is 3.15. The van der Waals surface area contributed by atoms with Gasteiger partial charge in [0.2, 0.25) is 5.15 Å². The zero-order valence-corrected chi connectivity index (χ0v) is 9.90. The van der Waals surface area contributed by atoms with Crippen molar-refractivity contribution in [3.63, 3.8) is 0 Å². The Hall–Kier alpha value is -1.10. The summed E-state index contributed by atoms with van der Waals surface area (Å²) in [5.41, 5.74) is 0.563. The molecule has 0 radical (unpaired) electrons. The summed E-state index contributed by atoms with van der Waals surface area (Å²) in [6.45, 7) is 0. The van der Waals surface area contributed by atoms with Gasteiger partial charge in [-0.2, -0.15) is 5.10 Å². The van der Waals surface area contributed by atoms with Gasteiger partial charge in [-0.15, -0.1) is 0 Å². The number of hydrogen-bond donors (Lipinski definition) is 0. The summed E-state index contributed by atoms with van der Waals surface area (Å²) in [4.78, 5) is 10.5. The van der Waals surface area contributed by atoms with Gasteiger partial charge in [-0.25, -0.2) is 0 Å². The molecule has 0 atom stereocenters. The van der Waals surface area contributed by atoms with E-state index < -0.39 is 4.92 Å². The highest BCUT2D eigenvalue weighted by atomic mass is 35.5. The lowest BCUT2D eigenvalue weighted by Crippen LogP contribution is -2.07. The van der Waals surface area contributed by atoms with Gasteiger partial charge in [0.1, 0.15) is 5.69 Å². The van der Waals surface area contributed by atoms with E-state index in [-0.39, 0.29) is 16.8 Å². The molecule has 1 aromatic rings. The number of nitro groups is 1. The van der Waals surface area contributed by atoms with Crippen molar-refractivity contribution in [1.29, 1.82) is 0 Å². The molecule has 0 aliphatic heterocycles.